The molecule has 118 valence electrons. The maximum atomic E-state index is 13.6. The largest absolute Gasteiger partial charge is 0.494 e. The van der Waals surface area contributed by atoms with Crippen LogP contribution in [0, 0.1) is 11.7 Å². The maximum Gasteiger partial charge on any atom is 0.165 e. The summed E-state index contributed by atoms with van der Waals surface area (Å²) in [7, 11) is 1.51. The molecule has 0 radical (unpaired) electrons. The molecule has 0 aliphatic carbocycles. The van der Waals surface area contributed by atoms with Crippen molar-refractivity contribution in [2.45, 2.75) is 45.7 Å². The molecule has 3 nitrogen and oxygen atoms in total. The highest BCUT2D eigenvalue weighted by atomic mass is 19.1. The van der Waals surface area contributed by atoms with Gasteiger partial charge in [0.2, 0.25) is 0 Å². The number of benzene rings is 1. The average Bonchev–Trinajstić information content (AvgIpc) is 2.48. The topological polar surface area (TPSA) is 24.5 Å². The first-order chi connectivity index (χ1) is 10.1. The Bertz CT molecular complexity index is 464. The van der Waals surface area contributed by atoms with Gasteiger partial charge >= 0.3 is 0 Å². The molecule has 1 saturated heterocycles. The second kappa shape index (κ2) is 7.12. The van der Waals surface area contributed by atoms with Crippen molar-refractivity contribution in [1.82, 2.24) is 5.32 Å². The zero-order chi connectivity index (χ0) is 15.4. The summed E-state index contributed by atoms with van der Waals surface area (Å²) >= 11 is 0. The number of nitrogens with zero attached hydrogens (tertiary/aromatic N) is 1. The van der Waals surface area contributed by atoms with Crippen LogP contribution in [0.2, 0.25) is 0 Å². The number of methoxy groups -OCH3 is 1. The van der Waals surface area contributed by atoms with Crippen molar-refractivity contribution in [2.75, 3.05) is 25.1 Å². The SMILES string of the molecule is CCCC1CN(c2ccc(F)c(OC)c2)C(C(C)C)CN1. The van der Waals surface area contributed by atoms with Crippen LogP contribution in [0.25, 0.3) is 0 Å². The molecule has 0 bridgehead atoms. The van der Waals surface area contributed by atoms with Gasteiger partial charge in [0.25, 0.3) is 0 Å². The molecule has 4 heteroatoms. The Morgan fingerprint density at radius 3 is 2.81 bits per heavy atom. The van der Waals surface area contributed by atoms with Crippen LogP contribution in [0.5, 0.6) is 5.75 Å². The van der Waals surface area contributed by atoms with E-state index in [0.29, 0.717) is 23.8 Å². The van der Waals surface area contributed by atoms with E-state index in [2.05, 4.69) is 31.0 Å². The van der Waals surface area contributed by atoms with Crippen LogP contribution >= 0.6 is 0 Å². The van der Waals surface area contributed by atoms with Crippen molar-refractivity contribution >= 4 is 5.69 Å². The Morgan fingerprint density at radius 2 is 2.19 bits per heavy atom. The van der Waals surface area contributed by atoms with Crippen LogP contribution in [-0.2, 0) is 0 Å². The number of nitrogens with one attached hydrogen (secondary N) is 1. The normalized spacial score (nSPS) is 22.7. The molecule has 1 fully saturated rings. The minimum Gasteiger partial charge on any atom is -0.494 e. The van der Waals surface area contributed by atoms with Crippen molar-refractivity contribution in [3.63, 3.8) is 0 Å². The van der Waals surface area contributed by atoms with Crippen LogP contribution in [-0.4, -0.2) is 32.3 Å². The first kappa shape index (κ1) is 16.1. The molecule has 2 rings (SSSR count). The Labute approximate surface area is 127 Å². The molecule has 1 heterocycles. The first-order valence-electron chi connectivity index (χ1n) is 7.90. The molecule has 0 spiro atoms. The van der Waals surface area contributed by atoms with E-state index in [0.717, 1.165) is 18.8 Å². The van der Waals surface area contributed by atoms with Crippen LogP contribution in [0.4, 0.5) is 10.1 Å². The summed E-state index contributed by atoms with van der Waals surface area (Å²) in [5.74, 6) is 0.555. The number of rotatable bonds is 5. The quantitative estimate of drug-likeness (QED) is 0.900. The molecule has 0 saturated carbocycles. The van der Waals surface area contributed by atoms with E-state index in [9.17, 15) is 4.39 Å². The summed E-state index contributed by atoms with van der Waals surface area (Å²) in [5.41, 5.74) is 1.05. The predicted molar refractivity (Wildman–Crippen MR) is 85.6 cm³/mol. The van der Waals surface area contributed by atoms with Gasteiger partial charge in [-0.05, 0) is 24.5 Å². The fraction of sp³-hybridized carbons (Fsp3) is 0.647. The third kappa shape index (κ3) is 3.67. The van der Waals surface area contributed by atoms with Gasteiger partial charge in [-0.25, -0.2) is 4.39 Å². The number of hydrogen-bond acceptors (Lipinski definition) is 3. The molecule has 1 aliphatic rings. The van der Waals surface area contributed by atoms with E-state index in [1.165, 1.54) is 26.0 Å². The van der Waals surface area contributed by atoms with E-state index in [1.54, 1.807) is 0 Å². The second-order valence-corrected chi connectivity index (χ2v) is 6.18. The first-order valence-corrected chi connectivity index (χ1v) is 7.90. The molecule has 2 atom stereocenters. The number of ether oxygens (including phenoxy) is 1. The van der Waals surface area contributed by atoms with E-state index in [1.807, 2.05) is 12.1 Å². The van der Waals surface area contributed by atoms with Crippen molar-refractivity contribution in [3.05, 3.63) is 24.0 Å². The van der Waals surface area contributed by atoms with E-state index >= 15 is 0 Å². The van der Waals surface area contributed by atoms with Gasteiger partial charge in [0, 0.05) is 36.9 Å². The lowest BCUT2D eigenvalue weighted by molar-refractivity contribution is 0.326. The third-order valence-corrected chi connectivity index (χ3v) is 4.31. The number of piperazine rings is 1. The lowest BCUT2D eigenvalue weighted by Crippen LogP contribution is -2.58. The van der Waals surface area contributed by atoms with Gasteiger partial charge < -0.3 is 15.0 Å². The second-order valence-electron chi connectivity index (χ2n) is 6.18. The summed E-state index contributed by atoms with van der Waals surface area (Å²) in [6.07, 6.45) is 2.34. The smallest absolute Gasteiger partial charge is 0.165 e. The molecule has 0 aromatic heterocycles. The monoisotopic (exact) mass is 294 g/mol. The minimum absolute atomic E-state index is 0.303. The van der Waals surface area contributed by atoms with Gasteiger partial charge in [-0.15, -0.1) is 0 Å². The Hall–Kier alpha value is -1.29. The third-order valence-electron chi connectivity index (χ3n) is 4.31. The highest BCUT2D eigenvalue weighted by Crippen LogP contribution is 2.29. The van der Waals surface area contributed by atoms with Gasteiger partial charge in [-0.2, -0.15) is 0 Å². The fourth-order valence-corrected chi connectivity index (χ4v) is 3.10. The molecule has 1 aromatic rings. The average molecular weight is 294 g/mol. The molecule has 1 N–H and O–H groups in total. The highest BCUT2D eigenvalue weighted by Gasteiger charge is 2.30. The summed E-state index contributed by atoms with van der Waals surface area (Å²) in [4.78, 5) is 2.41. The molecule has 1 aromatic carbocycles. The van der Waals surface area contributed by atoms with Crippen molar-refractivity contribution in [2.24, 2.45) is 5.92 Å². The number of halogens is 1. The zero-order valence-corrected chi connectivity index (χ0v) is 13.5. The van der Waals surface area contributed by atoms with Crippen molar-refractivity contribution < 1.29 is 9.13 Å². The van der Waals surface area contributed by atoms with Crippen LogP contribution in [0.15, 0.2) is 18.2 Å². The summed E-state index contributed by atoms with van der Waals surface area (Å²) < 4.78 is 18.8. The molecule has 2 unspecified atom stereocenters. The van der Waals surface area contributed by atoms with E-state index < -0.39 is 0 Å². The summed E-state index contributed by atoms with van der Waals surface area (Å²) in [6.45, 7) is 8.62. The van der Waals surface area contributed by atoms with Crippen molar-refractivity contribution in [3.8, 4) is 5.75 Å². The lowest BCUT2D eigenvalue weighted by Gasteiger charge is -2.44. The molecule has 1 aliphatic heterocycles. The van der Waals surface area contributed by atoms with E-state index in [-0.39, 0.29) is 5.82 Å². The van der Waals surface area contributed by atoms with Gasteiger partial charge in [0.05, 0.1) is 7.11 Å². The summed E-state index contributed by atoms with van der Waals surface area (Å²) in [5, 5.41) is 3.64. The fourth-order valence-electron chi connectivity index (χ4n) is 3.10. The van der Waals surface area contributed by atoms with Crippen LogP contribution < -0.4 is 15.0 Å². The maximum absolute atomic E-state index is 13.6. The van der Waals surface area contributed by atoms with E-state index in [4.69, 9.17) is 4.74 Å². The molecule has 0 amide bonds. The number of hydrogen-bond donors (Lipinski definition) is 1. The Morgan fingerprint density at radius 1 is 1.43 bits per heavy atom. The molecular weight excluding hydrogens is 267 g/mol. The Balaban J connectivity index is 2.26. The minimum atomic E-state index is -0.303. The summed E-state index contributed by atoms with van der Waals surface area (Å²) in [6, 6.07) is 6.11. The number of anilines is 1. The lowest BCUT2D eigenvalue weighted by atomic mass is 9.96. The van der Waals surface area contributed by atoms with Crippen LogP contribution in [0.3, 0.4) is 0 Å². The zero-order valence-electron chi connectivity index (χ0n) is 13.5. The standard InChI is InChI=1S/C17H27FN2O/c1-5-6-13-11-20(16(10-19-13)12(2)3)14-7-8-15(18)17(9-14)21-4/h7-9,12-13,16,19H,5-6,10-11H2,1-4H3. The molecule has 21 heavy (non-hydrogen) atoms. The highest BCUT2D eigenvalue weighted by molar-refractivity contribution is 5.53. The van der Waals surface area contributed by atoms with Gasteiger partial charge in [0.1, 0.15) is 0 Å². The Kier molecular flexibility index (Phi) is 5.45. The predicted octanol–water partition coefficient (Wildman–Crippen LogP) is 3.44. The van der Waals surface area contributed by atoms with Gasteiger partial charge in [0.15, 0.2) is 11.6 Å². The van der Waals surface area contributed by atoms with Crippen molar-refractivity contribution in [1.29, 1.82) is 0 Å². The van der Waals surface area contributed by atoms with Gasteiger partial charge in [-0.1, -0.05) is 27.2 Å². The van der Waals surface area contributed by atoms with Crippen LogP contribution in [0.1, 0.15) is 33.6 Å². The van der Waals surface area contributed by atoms with Gasteiger partial charge in [-0.3, -0.25) is 0 Å². The molecular formula is C17H27FN2O.